The van der Waals surface area contributed by atoms with Crippen molar-refractivity contribution in [3.63, 3.8) is 0 Å². The van der Waals surface area contributed by atoms with Crippen LogP contribution in [0.15, 0.2) is 21.3 Å². The predicted octanol–water partition coefficient (Wildman–Crippen LogP) is 2.87. The fraction of sp³-hybridized carbons (Fsp3) is 0.500. The summed E-state index contributed by atoms with van der Waals surface area (Å²) in [7, 11) is 0. The molecule has 2 atom stereocenters. The number of carbonyl (C=O) groups excluding carboxylic acids is 1. The maximum Gasteiger partial charge on any atom is 0.220 e. The average Bonchev–Trinajstić information content (AvgIpc) is 3.07. The Hall–Kier alpha value is -1.66. The highest BCUT2D eigenvalue weighted by Crippen LogP contribution is 2.26. The number of carbonyl (C=O) groups is 1. The first-order valence-electron chi connectivity index (χ1n) is 7.26. The molecule has 0 bridgehead atoms. The zero-order valence-corrected chi connectivity index (χ0v) is 14.2. The average molecular weight is 322 g/mol. The molecule has 0 aliphatic heterocycles. The van der Waals surface area contributed by atoms with Crippen molar-refractivity contribution < 1.29 is 14.4 Å². The van der Waals surface area contributed by atoms with Crippen LogP contribution >= 0.6 is 11.3 Å². The molecule has 2 aromatic heterocycles. The van der Waals surface area contributed by atoms with Crippen LogP contribution in [0.3, 0.4) is 0 Å². The summed E-state index contributed by atoms with van der Waals surface area (Å²) < 4.78 is 5.14. The van der Waals surface area contributed by atoms with Crippen LogP contribution in [0.2, 0.25) is 0 Å². The molecule has 0 saturated carbocycles. The highest BCUT2D eigenvalue weighted by Gasteiger charge is 2.25. The first-order valence-corrected chi connectivity index (χ1v) is 8.20. The molecule has 2 heterocycles. The second kappa shape index (κ2) is 6.62. The minimum Gasteiger partial charge on any atom is -0.384 e. The van der Waals surface area contributed by atoms with Crippen LogP contribution in [-0.4, -0.2) is 22.7 Å². The van der Waals surface area contributed by atoms with Gasteiger partial charge < -0.3 is 14.9 Å². The normalized spacial score (nSPS) is 15.3. The van der Waals surface area contributed by atoms with E-state index in [1.807, 2.05) is 37.6 Å². The summed E-state index contributed by atoms with van der Waals surface area (Å²) in [6, 6.07) is 1.86. The number of nitrogens with zero attached hydrogens (tertiary/aromatic N) is 1. The third-order valence-corrected chi connectivity index (χ3v) is 4.53. The summed E-state index contributed by atoms with van der Waals surface area (Å²) in [5.74, 6) is 0.684. The van der Waals surface area contributed by atoms with Gasteiger partial charge in [-0.2, -0.15) is 11.3 Å². The van der Waals surface area contributed by atoms with E-state index in [0.717, 1.165) is 22.6 Å². The zero-order valence-electron chi connectivity index (χ0n) is 13.3. The number of hydrogen-bond donors (Lipinski definition) is 2. The number of rotatable bonds is 6. The van der Waals surface area contributed by atoms with Crippen molar-refractivity contribution in [3.8, 4) is 0 Å². The summed E-state index contributed by atoms with van der Waals surface area (Å²) in [4.78, 5) is 12.1. The topological polar surface area (TPSA) is 75.4 Å². The van der Waals surface area contributed by atoms with E-state index in [4.69, 9.17) is 4.52 Å². The van der Waals surface area contributed by atoms with Crippen molar-refractivity contribution in [3.05, 3.63) is 39.4 Å². The molecular weight excluding hydrogens is 300 g/mol. The third-order valence-electron chi connectivity index (χ3n) is 3.85. The Morgan fingerprint density at radius 1 is 1.55 bits per heavy atom. The van der Waals surface area contributed by atoms with Gasteiger partial charge in [-0.15, -0.1) is 0 Å². The first kappa shape index (κ1) is 16.7. The molecule has 0 aromatic carbocycles. The highest BCUT2D eigenvalue weighted by atomic mass is 32.1. The Morgan fingerprint density at radius 3 is 2.82 bits per heavy atom. The zero-order chi connectivity index (χ0) is 16.3. The summed E-state index contributed by atoms with van der Waals surface area (Å²) in [6.45, 7) is 7.60. The number of thiophene rings is 1. The fourth-order valence-electron chi connectivity index (χ4n) is 2.59. The minimum atomic E-state index is -1.05. The Kier molecular flexibility index (Phi) is 5.03. The van der Waals surface area contributed by atoms with Gasteiger partial charge in [-0.3, -0.25) is 4.79 Å². The predicted molar refractivity (Wildman–Crippen MR) is 85.9 cm³/mol. The van der Waals surface area contributed by atoms with Crippen LogP contribution in [0.1, 0.15) is 48.8 Å². The molecule has 2 aromatic rings. The number of aryl methyl sites for hydroxylation is 2. The van der Waals surface area contributed by atoms with Crippen molar-refractivity contribution in [2.24, 2.45) is 0 Å². The lowest BCUT2D eigenvalue weighted by atomic mass is 9.95. The van der Waals surface area contributed by atoms with Crippen molar-refractivity contribution in [1.82, 2.24) is 10.5 Å². The lowest BCUT2D eigenvalue weighted by Gasteiger charge is -2.23. The number of nitrogens with one attached hydrogen (secondary N) is 1. The van der Waals surface area contributed by atoms with Gasteiger partial charge in [-0.1, -0.05) is 12.1 Å². The van der Waals surface area contributed by atoms with Crippen LogP contribution in [0.4, 0.5) is 0 Å². The summed E-state index contributed by atoms with van der Waals surface area (Å²) in [5.41, 5.74) is 1.57. The van der Waals surface area contributed by atoms with E-state index >= 15 is 0 Å². The second-order valence-corrected chi connectivity index (χ2v) is 6.69. The van der Waals surface area contributed by atoms with E-state index in [1.54, 1.807) is 6.92 Å². The van der Waals surface area contributed by atoms with E-state index < -0.39 is 5.60 Å². The van der Waals surface area contributed by atoms with Gasteiger partial charge in [0.1, 0.15) is 11.4 Å². The molecule has 1 amide bonds. The number of aromatic nitrogens is 1. The van der Waals surface area contributed by atoms with Crippen LogP contribution in [0, 0.1) is 13.8 Å². The molecule has 6 heteroatoms. The summed E-state index contributed by atoms with van der Waals surface area (Å²) in [5, 5.41) is 20.9. The first-order chi connectivity index (χ1) is 10.3. The molecule has 0 aliphatic rings. The number of hydrogen-bond acceptors (Lipinski definition) is 5. The lowest BCUT2D eigenvalue weighted by molar-refractivity contribution is -0.122. The van der Waals surface area contributed by atoms with Crippen LogP contribution in [0.25, 0.3) is 0 Å². The highest BCUT2D eigenvalue weighted by molar-refractivity contribution is 7.08. The van der Waals surface area contributed by atoms with Crippen molar-refractivity contribution in [1.29, 1.82) is 0 Å². The van der Waals surface area contributed by atoms with Crippen molar-refractivity contribution >= 4 is 17.2 Å². The second-order valence-electron chi connectivity index (χ2n) is 5.91. The van der Waals surface area contributed by atoms with Gasteiger partial charge in [0.2, 0.25) is 5.91 Å². The molecule has 0 fully saturated rings. The molecule has 2 N–H and O–H groups in total. The molecule has 0 saturated heterocycles. The van der Waals surface area contributed by atoms with Gasteiger partial charge in [0.25, 0.3) is 0 Å². The largest absolute Gasteiger partial charge is 0.384 e. The Bertz CT molecular complexity index is 612. The van der Waals surface area contributed by atoms with Gasteiger partial charge >= 0.3 is 0 Å². The Balaban J connectivity index is 1.91. The molecule has 120 valence electrons. The minimum absolute atomic E-state index is 0.0253. The molecule has 0 spiro atoms. The van der Waals surface area contributed by atoms with E-state index in [-0.39, 0.29) is 18.4 Å². The van der Waals surface area contributed by atoms with E-state index in [0.29, 0.717) is 6.42 Å². The molecule has 5 nitrogen and oxygen atoms in total. The molecule has 2 rings (SSSR count). The van der Waals surface area contributed by atoms with Gasteiger partial charge in [-0.05, 0) is 49.1 Å². The molecule has 22 heavy (non-hydrogen) atoms. The van der Waals surface area contributed by atoms with Gasteiger partial charge in [0.15, 0.2) is 0 Å². The maximum atomic E-state index is 12.1. The number of amides is 1. The van der Waals surface area contributed by atoms with Gasteiger partial charge in [-0.25, -0.2) is 0 Å². The molecule has 0 radical (unpaired) electrons. The van der Waals surface area contributed by atoms with Crippen molar-refractivity contribution in [2.45, 2.75) is 45.6 Å². The SMILES string of the molecule is Cc1noc(C)c1C(C)CC(=O)NCC(C)(O)c1ccsc1. The monoisotopic (exact) mass is 322 g/mol. The van der Waals surface area contributed by atoms with E-state index in [9.17, 15) is 9.90 Å². The van der Waals surface area contributed by atoms with Crippen molar-refractivity contribution in [2.75, 3.05) is 6.54 Å². The summed E-state index contributed by atoms with van der Waals surface area (Å²) >= 11 is 1.52. The standard InChI is InChI=1S/C16H22N2O3S/c1-10(15-11(2)18-21-12(15)3)7-14(19)17-9-16(4,20)13-5-6-22-8-13/h5-6,8,10,20H,7,9H2,1-4H3,(H,17,19). The molecule has 2 unspecified atom stereocenters. The smallest absolute Gasteiger partial charge is 0.220 e. The number of aliphatic hydroxyl groups is 1. The van der Waals surface area contributed by atoms with E-state index in [2.05, 4.69) is 10.5 Å². The molecule has 0 aliphatic carbocycles. The maximum absolute atomic E-state index is 12.1. The molecular formula is C16H22N2O3S. The van der Waals surface area contributed by atoms with Crippen LogP contribution < -0.4 is 5.32 Å². The van der Waals surface area contributed by atoms with Gasteiger partial charge in [0.05, 0.1) is 12.2 Å². The van der Waals surface area contributed by atoms with Crippen LogP contribution in [0.5, 0.6) is 0 Å². The van der Waals surface area contributed by atoms with E-state index in [1.165, 1.54) is 11.3 Å². The third kappa shape index (κ3) is 3.75. The van der Waals surface area contributed by atoms with Crippen LogP contribution in [-0.2, 0) is 10.4 Å². The Morgan fingerprint density at radius 2 is 2.27 bits per heavy atom. The van der Waals surface area contributed by atoms with Gasteiger partial charge in [0, 0.05) is 12.0 Å². The quantitative estimate of drug-likeness (QED) is 0.857. The summed E-state index contributed by atoms with van der Waals surface area (Å²) in [6.07, 6.45) is 0.336. The lowest BCUT2D eigenvalue weighted by Crippen LogP contribution is -2.38. The Labute approximate surface area is 134 Å². The fourth-order valence-corrected chi connectivity index (χ4v) is 3.37.